The molecule has 0 spiro atoms. The molecule has 0 bridgehead atoms. The van der Waals surface area contributed by atoms with Crippen molar-refractivity contribution in [3.63, 3.8) is 0 Å². The smallest absolute Gasteiger partial charge is 0.497 e. The topological polar surface area (TPSA) is 52.6 Å². The number of hydrogen-bond donors (Lipinski definition) is 0. The number of ether oxygens (including phenoxy) is 1. The number of benzene rings is 2. The third-order valence-corrected chi connectivity index (χ3v) is 7.69. The molecule has 0 unspecified atom stereocenters. The van der Waals surface area contributed by atoms with Gasteiger partial charge in [0.25, 0.3) is 0 Å². The van der Waals surface area contributed by atoms with E-state index >= 15 is 0 Å². The van der Waals surface area contributed by atoms with Gasteiger partial charge in [-0.3, -0.25) is 0 Å². The summed E-state index contributed by atoms with van der Waals surface area (Å²) in [4.78, 5) is 1.35. The van der Waals surface area contributed by atoms with Crippen molar-refractivity contribution in [3.8, 4) is 11.5 Å². The largest absolute Gasteiger partial charge is 0.534 e. The maximum Gasteiger partial charge on any atom is 0.534 e. The van der Waals surface area contributed by atoms with Crippen LogP contribution in [0.3, 0.4) is 0 Å². The average Bonchev–Trinajstić information content (AvgIpc) is 2.54. The zero-order valence-electron chi connectivity index (χ0n) is 16.0. The molecule has 0 saturated heterocycles. The second-order valence-electron chi connectivity index (χ2n) is 7.15. The molecule has 2 aromatic rings. The molecule has 0 N–H and O–H groups in total. The molecular weight excluding hydrogens is 429 g/mol. The van der Waals surface area contributed by atoms with Crippen LogP contribution in [0.2, 0.25) is 19.6 Å². The van der Waals surface area contributed by atoms with E-state index in [4.69, 9.17) is 4.74 Å². The SMILES string of the molecule is COc1cc(Sc2ccc(C)cc2)cc(OS(=O)(=O)C(F)(F)F)c1[Si](C)(C)C. The van der Waals surface area contributed by atoms with Gasteiger partial charge in [-0.25, -0.2) is 0 Å². The molecule has 0 atom stereocenters. The van der Waals surface area contributed by atoms with E-state index in [-0.39, 0.29) is 5.75 Å². The summed E-state index contributed by atoms with van der Waals surface area (Å²) in [6.45, 7) is 7.54. The van der Waals surface area contributed by atoms with Crippen molar-refractivity contribution in [3.05, 3.63) is 42.0 Å². The molecule has 2 rings (SSSR count). The van der Waals surface area contributed by atoms with E-state index in [1.54, 1.807) is 6.07 Å². The highest BCUT2D eigenvalue weighted by Gasteiger charge is 2.49. The molecule has 28 heavy (non-hydrogen) atoms. The summed E-state index contributed by atoms with van der Waals surface area (Å²) in [5.41, 5.74) is -4.45. The fraction of sp³-hybridized carbons (Fsp3) is 0.333. The Balaban J connectivity index is 2.60. The van der Waals surface area contributed by atoms with Gasteiger partial charge in [0.15, 0.2) is 0 Å². The number of rotatable bonds is 6. The second-order valence-corrected chi connectivity index (χ2v) is 14.8. The minimum Gasteiger partial charge on any atom is -0.497 e. The Morgan fingerprint density at radius 1 is 0.964 bits per heavy atom. The number of alkyl halides is 3. The molecular formula is C18H21F3O4S2Si. The molecule has 154 valence electrons. The van der Waals surface area contributed by atoms with Crippen LogP contribution >= 0.6 is 11.8 Å². The van der Waals surface area contributed by atoms with Crippen LogP contribution in [0.1, 0.15) is 5.56 Å². The molecule has 2 aromatic carbocycles. The van der Waals surface area contributed by atoms with Gasteiger partial charge in [0.05, 0.1) is 15.2 Å². The molecule has 0 fully saturated rings. The van der Waals surface area contributed by atoms with Gasteiger partial charge >= 0.3 is 15.6 Å². The minimum atomic E-state index is -5.80. The lowest BCUT2D eigenvalue weighted by molar-refractivity contribution is -0.0499. The van der Waals surface area contributed by atoms with E-state index in [0.29, 0.717) is 15.8 Å². The van der Waals surface area contributed by atoms with E-state index in [1.165, 1.54) is 24.9 Å². The fourth-order valence-corrected chi connectivity index (χ4v) is 5.69. The number of methoxy groups -OCH3 is 1. The summed E-state index contributed by atoms with van der Waals surface area (Å²) in [7, 11) is -6.72. The Bertz CT molecular complexity index is 951. The van der Waals surface area contributed by atoms with Gasteiger partial charge in [-0.1, -0.05) is 49.1 Å². The highest BCUT2D eigenvalue weighted by Crippen LogP contribution is 2.36. The summed E-state index contributed by atoms with van der Waals surface area (Å²) in [6, 6.07) is 10.6. The Hall–Kier alpha value is -1.65. The van der Waals surface area contributed by atoms with Gasteiger partial charge in [0.1, 0.15) is 11.5 Å². The van der Waals surface area contributed by atoms with Gasteiger partial charge in [0.2, 0.25) is 0 Å². The van der Waals surface area contributed by atoms with Crippen molar-refractivity contribution in [1.29, 1.82) is 0 Å². The van der Waals surface area contributed by atoms with E-state index in [2.05, 4.69) is 4.18 Å². The minimum absolute atomic E-state index is 0.309. The lowest BCUT2D eigenvalue weighted by Crippen LogP contribution is -2.41. The maximum atomic E-state index is 12.9. The number of aryl methyl sites for hydroxylation is 1. The van der Waals surface area contributed by atoms with Crippen molar-refractivity contribution < 1.29 is 30.5 Å². The van der Waals surface area contributed by atoms with Gasteiger partial charge < -0.3 is 8.92 Å². The first-order valence-corrected chi connectivity index (χ1v) is 13.9. The first-order valence-electron chi connectivity index (χ1n) is 8.22. The zero-order chi connectivity index (χ0) is 21.3. The van der Waals surface area contributed by atoms with Crippen LogP contribution in [0, 0.1) is 6.92 Å². The predicted octanol–water partition coefficient (Wildman–Crippen LogP) is 4.93. The lowest BCUT2D eigenvalue weighted by Gasteiger charge is -2.24. The van der Waals surface area contributed by atoms with Crippen LogP contribution in [0.25, 0.3) is 0 Å². The Kier molecular flexibility index (Phi) is 6.46. The zero-order valence-corrected chi connectivity index (χ0v) is 18.7. The Morgan fingerprint density at radius 3 is 1.96 bits per heavy atom. The summed E-state index contributed by atoms with van der Waals surface area (Å²) in [5.74, 6) is -0.0332. The van der Waals surface area contributed by atoms with Crippen LogP contribution < -0.4 is 14.1 Å². The van der Waals surface area contributed by atoms with E-state index in [9.17, 15) is 21.6 Å². The predicted molar refractivity (Wildman–Crippen MR) is 107 cm³/mol. The van der Waals surface area contributed by atoms with Crippen LogP contribution in [0.5, 0.6) is 11.5 Å². The van der Waals surface area contributed by atoms with E-state index in [1.807, 2.05) is 50.8 Å². The molecule has 4 nitrogen and oxygen atoms in total. The molecule has 10 heteroatoms. The molecule has 0 heterocycles. The van der Waals surface area contributed by atoms with E-state index < -0.39 is 23.7 Å². The van der Waals surface area contributed by atoms with Gasteiger partial charge in [0, 0.05) is 15.0 Å². The van der Waals surface area contributed by atoms with Crippen LogP contribution in [-0.4, -0.2) is 29.1 Å². The molecule has 0 saturated carbocycles. The highest BCUT2D eigenvalue weighted by molar-refractivity contribution is 7.99. The fourth-order valence-electron chi connectivity index (χ4n) is 2.50. The molecule has 0 aromatic heterocycles. The first kappa shape index (κ1) is 22.6. The van der Waals surface area contributed by atoms with Crippen LogP contribution in [0.15, 0.2) is 46.2 Å². The van der Waals surface area contributed by atoms with Crippen molar-refractivity contribution in [2.75, 3.05) is 7.11 Å². The summed E-state index contributed by atoms with van der Waals surface area (Å²) in [6.07, 6.45) is 0. The summed E-state index contributed by atoms with van der Waals surface area (Å²) < 4.78 is 71.8. The molecule has 0 amide bonds. The lowest BCUT2D eigenvalue weighted by atomic mass is 10.2. The van der Waals surface area contributed by atoms with Crippen molar-refractivity contribution in [2.24, 2.45) is 0 Å². The third-order valence-electron chi connectivity index (χ3n) is 3.75. The second kappa shape index (κ2) is 8.00. The molecule has 0 aliphatic carbocycles. The van der Waals surface area contributed by atoms with E-state index in [0.717, 1.165) is 10.5 Å². The normalized spacial score (nSPS) is 12.7. The average molecular weight is 451 g/mol. The van der Waals surface area contributed by atoms with Crippen molar-refractivity contribution in [2.45, 2.75) is 41.9 Å². The Labute approximate surface area is 168 Å². The number of halogens is 3. The maximum absolute atomic E-state index is 12.9. The molecule has 0 radical (unpaired) electrons. The summed E-state index contributed by atoms with van der Waals surface area (Å²) >= 11 is 1.27. The summed E-state index contributed by atoms with van der Waals surface area (Å²) in [5, 5.41) is 0.371. The highest BCUT2D eigenvalue weighted by atomic mass is 32.2. The van der Waals surface area contributed by atoms with Gasteiger partial charge in [-0.05, 0) is 31.2 Å². The van der Waals surface area contributed by atoms with Crippen LogP contribution in [0.4, 0.5) is 13.2 Å². The van der Waals surface area contributed by atoms with Crippen molar-refractivity contribution in [1.82, 2.24) is 0 Å². The van der Waals surface area contributed by atoms with Crippen molar-refractivity contribution >= 4 is 35.1 Å². The van der Waals surface area contributed by atoms with Crippen LogP contribution in [-0.2, 0) is 10.1 Å². The van der Waals surface area contributed by atoms with Gasteiger partial charge in [-0.2, -0.15) is 21.6 Å². The quantitative estimate of drug-likeness (QED) is 0.355. The Morgan fingerprint density at radius 2 is 1.50 bits per heavy atom. The molecule has 0 aliphatic rings. The van der Waals surface area contributed by atoms with Gasteiger partial charge in [-0.15, -0.1) is 0 Å². The standard InChI is InChI=1S/C18H21F3O4S2Si/c1-12-6-8-13(9-7-12)26-14-10-15(24-2)17(28(3,4)5)16(11-14)25-27(22,23)18(19,20)21/h6-11H,1-5H3. The number of hydrogen-bond acceptors (Lipinski definition) is 5. The monoisotopic (exact) mass is 450 g/mol. The first-order chi connectivity index (χ1) is 12.7. The third kappa shape index (κ3) is 5.24. The molecule has 0 aliphatic heterocycles.